The standard InChI is InChI=1S/C13H21N3O3S2/c1-10(17)14-9-12-3-4-13(20-12)21(18,19)15-11-5-7-16(2)8-6-11/h3-4,11,15H,5-9H2,1-2H3,(H,14,17). The predicted molar refractivity (Wildman–Crippen MR) is 82.7 cm³/mol. The first-order chi connectivity index (χ1) is 9.87. The van der Waals surface area contributed by atoms with Gasteiger partial charge in [0.05, 0.1) is 6.54 Å². The molecule has 1 fully saturated rings. The molecule has 0 saturated carbocycles. The number of carbonyl (C=O) groups excluding carboxylic acids is 1. The van der Waals surface area contributed by atoms with Crippen LogP contribution in [0.25, 0.3) is 0 Å². The van der Waals surface area contributed by atoms with Crippen LogP contribution < -0.4 is 10.0 Å². The lowest BCUT2D eigenvalue weighted by atomic mass is 10.1. The van der Waals surface area contributed by atoms with Gasteiger partial charge in [0.2, 0.25) is 15.9 Å². The van der Waals surface area contributed by atoms with Crippen molar-refractivity contribution in [2.45, 2.75) is 36.6 Å². The molecule has 2 rings (SSSR count). The molecule has 1 aliphatic heterocycles. The topological polar surface area (TPSA) is 78.5 Å². The molecule has 0 aliphatic carbocycles. The zero-order valence-electron chi connectivity index (χ0n) is 12.3. The average Bonchev–Trinajstić information content (AvgIpc) is 2.88. The zero-order chi connectivity index (χ0) is 15.5. The van der Waals surface area contributed by atoms with E-state index in [-0.39, 0.29) is 11.9 Å². The smallest absolute Gasteiger partial charge is 0.250 e. The van der Waals surface area contributed by atoms with Crippen molar-refractivity contribution < 1.29 is 13.2 Å². The lowest BCUT2D eigenvalue weighted by Crippen LogP contribution is -2.43. The molecule has 118 valence electrons. The van der Waals surface area contributed by atoms with Crippen LogP contribution in [0.5, 0.6) is 0 Å². The molecule has 0 atom stereocenters. The van der Waals surface area contributed by atoms with Crippen molar-refractivity contribution in [3.8, 4) is 0 Å². The second-order valence-corrected chi connectivity index (χ2v) is 8.44. The third-order valence-corrected chi connectivity index (χ3v) is 6.55. The molecule has 0 unspecified atom stereocenters. The van der Waals surface area contributed by atoms with Crippen LogP contribution in [0.4, 0.5) is 0 Å². The van der Waals surface area contributed by atoms with Crippen molar-refractivity contribution in [2.75, 3.05) is 20.1 Å². The summed E-state index contributed by atoms with van der Waals surface area (Å²) in [6, 6.07) is 3.34. The number of carbonyl (C=O) groups is 1. The van der Waals surface area contributed by atoms with Gasteiger partial charge in [-0.2, -0.15) is 0 Å². The molecule has 2 heterocycles. The van der Waals surface area contributed by atoms with E-state index in [1.807, 2.05) is 7.05 Å². The summed E-state index contributed by atoms with van der Waals surface area (Å²) >= 11 is 1.20. The van der Waals surface area contributed by atoms with Crippen LogP contribution in [0, 0.1) is 0 Å². The molecular formula is C13H21N3O3S2. The molecule has 1 aromatic rings. The number of piperidine rings is 1. The maximum atomic E-state index is 12.3. The maximum Gasteiger partial charge on any atom is 0.250 e. The molecule has 1 aromatic heterocycles. The number of hydrogen-bond donors (Lipinski definition) is 2. The molecule has 0 bridgehead atoms. The van der Waals surface area contributed by atoms with Crippen molar-refractivity contribution in [3.63, 3.8) is 0 Å². The quantitative estimate of drug-likeness (QED) is 0.835. The zero-order valence-corrected chi connectivity index (χ0v) is 13.9. The third kappa shape index (κ3) is 4.77. The van der Waals surface area contributed by atoms with Gasteiger partial charge in [-0.25, -0.2) is 13.1 Å². The average molecular weight is 331 g/mol. The summed E-state index contributed by atoms with van der Waals surface area (Å²) < 4.78 is 27.7. The van der Waals surface area contributed by atoms with Gasteiger partial charge in [-0.1, -0.05) is 0 Å². The molecule has 21 heavy (non-hydrogen) atoms. The van der Waals surface area contributed by atoms with Crippen molar-refractivity contribution in [3.05, 3.63) is 17.0 Å². The number of thiophene rings is 1. The van der Waals surface area contributed by atoms with E-state index in [9.17, 15) is 13.2 Å². The minimum atomic E-state index is -3.46. The van der Waals surface area contributed by atoms with Crippen LogP contribution in [-0.4, -0.2) is 45.4 Å². The highest BCUT2D eigenvalue weighted by molar-refractivity contribution is 7.91. The van der Waals surface area contributed by atoms with Crippen molar-refractivity contribution in [1.29, 1.82) is 0 Å². The van der Waals surface area contributed by atoms with Crippen LogP contribution in [-0.2, 0) is 21.4 Å². The van der Waals surface area contributed by atoms with E-state index in [1.54, 1.807) is 12.1 Å². The largest absolute Gasteiger partial charge is 0.351 e. The van der Waals surface area contributed by atoms with Crippen LogP contribution in [0.15, 0.2) is 16.3 Å². The van der Waals surface area contributed by atoms with Crippen LogP contribution >= 0.6 is 11.3 Å². The Morgan fingerprint density at radius 3 is 2.67 bits per heavy atom. The Labute approximate surface area is 129 Å². The summed E-state index contributed by atoms with van der Waals surface area (Å²) in [6.07, 6.45) is 1.67. The monoisotopic (exact) mass is 331 g/mol. The summed E-state index contributed by atoms with van der Waals surface area (Å²) in [5, 5.41) is 2.66. The minimum absolute atomic E-state index is 0.00657. The summed E-state index contributed by atoms with van der Waals surface area (Å²) in [5.41, 5.74) is 0. The number of rotatable bonds is 5. The summed E-state index contributed by atoms with van der Waals surface area (Å²) in [5.74, 6) is -0.128. The Bertz CT molecular complexity index is 590. The Kier molecular flexibility index (Phi) is 5.37. The van der Waals surface area contributed by atoms with Gasteiger partial charge >= 0.3 is 0 Å². The van der Waals surface area contributed by atoms with Gasteiger partial charge in [0.15, 0.2) is 0 Å². The van der Waals surface area contributed by atoms with E-state index in [1.165, 1.54) is 18.3 Å². The normalized spacial score (nSPS) is 17.8. The van der Waals surface area contributed by atoms with E-state index >= 15 is 0 Å². The molecule has 1 amide bonds. The molecule has 1 aliphatic rings. The van der Waals surface area contributed by atoms with E-state index < -0.39 is 10.0 Å². The van der Waals surface area contributed by atoms with E-state index in [0.717, 1.165) is 30.8 Å². The number of amides is 1. The van der Waals surface area contributed by atoms with E-state index in [2.05, 4.69) is 14.9 Å². The second-order valence-electron chi connectivity index (χ2n) is 5.33. The van der Waals surface area contributed by atoms with Gasteiger partial charge in [0, 0.05) is 17.8 Å². The predicted octanol–water partition coefficient (Wildman–Crippen LogP) is 0.757. The molecule has 0 aromatic carbocycles. The minimum Gasteiger partial charge on any atom is -0.351 e. The highest BCUT2D eigenvalue weighted by Crippen LogP contribution is 2.22. The Hall–Kier alpha value is -0.960. The van der Waals surface area contributed by atoms with Gasteiger partial charge in [0.1, 0.15) is 4.21 Å². The molecule has 1 saturated heterocycles. The first kappa shape index (κ1) is 16.4. The molecule has 0 radical (unpaired) electrons. The Balaban J connectivity index is 1.97. The summed E-state index contributed by atoms with van der Waals surface area (Å²) in [6.45, 7) is 3.62. The maximum absolute atomic E-state index is 12.3. The first-order valence-electron chi connectivity index (χ1n) is 6.91. The Morgan fingerprint density at radius 1 is 1.38 bits per heavy atom. The van der Waals surface area contributed by atoms with Gasteiger partial charge in [-0.15, -0.1) is 11.3 Å². The lowest BCUT2D eigenvalue weighted by Gasteiger charge is -2.29. The SMILES string of the molecule is CC(=O)NCc1ccc(S(=O)(=O)NC2CCN(C)CC2)s1. The van der Waals surface area contributed by atoms with Crippen molar-refractivity contribution in [1.82, 2.24) is 14.9 Å². The summed E-state index contributed by atoms with van der Waals surface area (Å²) in [4.78, 5) is 13.9. The van der Waals surface area contributed by atoms with Crippen LogP contribution in [0.2, 0.25) is 0 Å². The summed E-state index contributed by atoms with van der Waals surface area (Å²) in [7, 11) is -1.42. The van der Waals surface area contributed by atoms with Crippen molar-refractivity contribution in [2.24, 2.45) is 0 Å². The molecular weight excluding hydrogens is 310 g/mol. The number of nitrogens with zero attached hydrogens (tertiary/aromatic N) is 1. The van der Waals surface area contributed by atoms with Crippen LogP contribution in [0.3, 0.4) is 0 Å². The van der Waals surface area contributed by atoms with Crippen LogP contribution in [0.1, 0.15) is 24.6 Å². The number of hydrogen-bond acceptors (Lipinski definition) is 5. The molecule has 0 spiro atoms. The first-order valence-corrected chi connectivity index (χ1v) is 9.21. The molecule has 2 N–H and O–H groups in total. The highest BCUT2D eigenvalue weighted by atomic mass is 32.2. The fraction of sp³-hybridized carbons (Fsp3) is 0.615. The molecule has 6 nitrogen and oxygen atoms in total. The number of nitrogens with one attached hydrogen (secondary N) is 2. The van der Waals surface area contributed by atoms with Crippen molar-refractivity contribution >= 4 is 27.3 Å². The fourth-order valence-electron chi connectivity index (χ4n) is 2.21. The van der Waals surface area contributed by atoms with E-state index in [4.69, 9.17) is 0 Å². The fourth-order valence-corrected chi connectivity index (χ4v) is 4.83. The number of sulfonamides is 1. The highest BCUT2D eigenvalue weighted by Gasteiger charge is 2.24. The molecule has 8 heteroatoms. The lowest BCUT2D eigenvalue weighted by molar-refractivity contribution is -0.119. The van der Waals surface area contributed by atoms with Gasteiger partial charge < -0.3 is 10.2 Å². The third-order valence-electron chi connectivity index (χ3n) is 3.45. The van der Waals surface area contributed by atoms with E-state index in [0.29, 0.717) is 10.8 Å². The van der Waals surface area contributed by atoms with Gasteiger partial charge in [-0.3, -0.25) is 4.79 Å². The van der Waals surface area contributed by atoms with Gasteiger partial charge in [-0.05, 0) is 45.1 Å². The second kappa shape index (κ2) is 6.87. The Morgan fingerprint density at radius 2 is 2.05 bits per heavy atom. The number of likely N-dealkylation sites (tertiary alicyclic amines) is 1. The van der Waals surface area contributed by atoms with Gasteiger partial charge in [0.25, 0.3) is 0 Å².